The molecule has 8 heteroatoms. The molecule has 2 aliphatic rings. The Kier molecular flexibility index (Phi) is 8.79. The summed E-state index contributed by atoms with van der Waals surface area (Å²) in [6.07, 6.45) is 3.30. The Bertz CT molecular complexity index is 995. The van der Waals surface area contributed by atoms with Crippen molar-refractivity contribution in [2.75, 3.05) is 19.6 Å². The summed E-state index contributed by atoms with van der Waals surface area (Å²) < 4.78 is 0. The zero-order valence-corrected chi connectivity index (χ0v) is 21.1. The molecule has 0 radical (unpaired) electrons. The largest absolute Gasteiger partial charge is 0.334 e. The molecular formula is C23H33Cl2N3O2S. The quantitative estimate of drug-likeness (QED) is 0.669. The van der Waals surface area contributed by atoms with Gasteiger partial charge in [0, 0.05) is 34.0 Å². The van der Waals surface area contributed by atoms with Gasteiger partial charge in [0.25, 0.3) is 11.5 Å². The molecule has 1 atom stereocenters. The average molecular weight is 487 g/mol. The molecule has 0 bridgehead atoms. The molecule has 1 saturated heterocycles. The number of nitrogens with one attached hydrogen (secondary N) is 2. The number of pyridine rings is 1. The second kappa shape index (κ2) is 10.5. The van der Waals surface area contributed by atoms with Crippen LogP contribution in [0.25, 0.3) is 0 Å². The molecule has 1 fully saturated rings. The molecule has 0 aliphatic carbocycles. The second-order valence-corrected chi connectivity index (χ2v) is 9.82. The molecule has 4 heterocycles. The maximum Gasteiger partial charge on any atom is 0.255 e. The molecule has 2 aromatic heterocycles. The van der Waals surface area contributed by atoms with Gasteiger partial charge in [-0.05, 0) is 75.7 Å². The Balaban J connectivity index is 0.00000171. The van der Waals surface area contributed by atoms with Crippen LogP contribution in [0.15, 0.2) is 10.9 Å². The van der Waals surface area contributed by atoms with Gasteiger partial charge in [-0.15, -0.1) is 36.2 Å². The van der Waals surface area contributed by atoms with Crippen molar-refractivity contribution in [3.63, 3.8) is 0 Å². The number of fused-ring (bicyclic) bond motifs is 1. The number of aromatic nitrogens is 1. The number of H-pyrrole nitrogens is 1. The molecule has 0 unspecified atom stereocenters. The molecule has 0 aromatic carbocycles. The van der Waals surface area contributed by atoms with Gasteiger partial charge in [-0.25, -0.2) is 0 Å². The van der Waals surface area contributed by atoms with E-state index in [1.54, 1.807) is 0 Å². The normalized spacial score (nSPS) is 17.5. The van der Waals surface area contributed by atoms with E-state index < -0.39 is 0 Å². The number of carbonyl (C=O) groups is 1. The van der Waals surface area contributed by atoms with Crippen LogP contribution in [0.4, 0.5) is 0 Å². The van der Waals surface area contributed by atoms with E-state index in [9.17, 15) is 9.59 Å². The predicted molar refractivity (Wildman–Crippen MR) is 133 cm³/mol. The lowest BCUT2D eigenvalue weighted by Gasteiger charge is -2.28. The highest BCUT2D eigenvalue weighted by Crippen LogP contribution is 2.41. The molecule has 1 amide bonds. The Labute approximate surface area is 200 Å². The fourth-order valence-corrected chi connectivity index (χ4v) is 6.39. The van der Waals surface area contributed by atoms with Crippen molar-refractivity contribution in [1.82, 2.24) is 15.2 Å². The fraction of sp³-hybridized carbons (Fsp3) is 0.565. The molecule has 2 N–H and O–H groups in total. The van der Waals surface area contributed by atoms with Crippen LogP contribution in [-0.2, 0) is 13.0 Å². The summed E-state index contributed by atoms with van der Waals surface area (Å²) in [7, 11) is 0. The summed E-state index contributed by atoms with van der Waals surface area (Å²) in [6.45, 7) is 11.5. The van der Waals surface area contributed by atoms with Crippen molar-refractivity contribution < 1.29 is 4.79 Å². The van der Waals surface area contributed by atoms with E-state index >= 15 is 0 Å². The number of halogens is 2. The summed E-state index contributed by atoms with van der Waals surface area (Å²) in [6, 6.07) is 1.98. The zero-order valence-electron chi connectivity index (χ0n) is 18.7. The highest BCUT2D eigenvalue weighted by atomic mass is 35.5. The standard InChI is InChI=1S/C23H31N3O2S.2ClH/c1-13-11-14(2)25-22(27)18(13)12-26-10-7-19-20(23(26)28)16(4)21(29-19)15(3)17-5-8-24-9-6-17;;/h11,15,17,24H,5-10,12H2,1-4H3,(H,25,27);2*1H/t15-;;/m1../s1. The molecule has 172 valence electrons. The third-order valence-electron chi connectivity index (χ3n) is 6.71. The number of rotatable bonds is 4. The SMILES string of the molecule is Cc1cc(C)c(CN2CCc3sc([C@H](C)C4CCNCC4)c(C)c3C2=O)c(=O)[nH]1.Cl.Cl. The molecule has 0 saturated carbocycles. The minimum Gasteiger partial charge on any atom is -0.334 e. The monoisotopic (exact) mass is 485 g/mol. The molecular weight excluding hydrogens is 453 g/mol. The Morgan fingerprint density at radius 3 is 2.48 bits per heavy atom. The minimum atomic E-state index is -0.0802. The number of hydrogen-bond donors (Lipinski definition) is 2. The van der Waals surface area contributed by atoms with Crippen molar-refractivity contribution in [3.05, 3.63) is 54.1 Å². The Hall–Kier alpha value is -1.34. The fourth-order valence-electron chi connectivity index (χ4n) is 4.96. The number of thiophene rings is 1. The van der Waals surface area contributed by atoms with Crippen LogP contribution in [0.5, 0.6) is 0 Å². The smallest absolute Gasteiger partial charge is 0.255 e. The first-order valence-corrected chi connectivity index (χ1v) is 11.5. The predicted octanol–water partition coefficient (Wildman–Crippen LogP) is 4.51. The van der Waals surface area contributed by atoms with Gasteiger partial charge in [-0.3, -0.25) is 9.59 Å². The lowest BCUT2D eigenvalue weighted by molar-refractivity contribution is 0.0727. The van der Waals surface area contributed by atoms with Gasteiger partial charge < -0.3 is 15.2 Å². The molecule has 5 nitrogen and oxygen atoms in total. The molecule has 2 aliphatic heterocycles. The first kappa shape index (κ1) is 25.9. The number of hydrogen-bond acceptors (Lipinski definition) is 4. The van der Waals surface area contributed by atoms with Gasteiger partial charge >= 0.3 is 0 Å². The number of aromatic amines is 1. The average Bonchev–Trinajstić information content (AvgIpc) is 3.03. The van der Waals surface area contributed by atoms with Gasteiger partial charge in [-0.1, -0.05) is 6.92 Å². The van der Waals surface area contributed by atoms with Crippen LogP contribution in [0.1, 0.15) is 68.2 Å². The first-order chi connectivity index (χ1) is 13.9. The van der Waals surface area contributed by atoms with Crippen molar-refractivity contribution in [1.29, 1.82) is 0 Å². The van der Waals surface area contributed by atoms with Crippen molar-refractivity contribution >= 4 is 42.1 Å². The van der Waals surface area contributed by atoms with E-state index in [1.165, 1.54) is 28.2 Å². The van der Waals surface area contributed by atoms with Gasteiger partial charge in [0.05, 0.1) is 12.1 Å². The van der Waals surface area contributed by atoms with Crippen LogP contribution in [0, 0.1) is 26.7 Å². The third-order valence-corrected chi connectivity index (χ3v) is 8.27. The summed E-state index contributed by atoms with van der Waals surface area (Å²) in [5.41, 5.74) is 4.49. The highest BCUT2D eigenvalue weighted by molar-refractivity contribution is 7.12. The van der Waals surface area contributed by atoms with E-state index in [-0.39, 0.29) is 36.3 Å². The maximum absolute atomic E-state index is 13.4. The summed E-state index contributed by atoms with van der Waals surface area (Å²) in [5.74, 6) is 1.27. The van der Waals surface area contributed by atoms with E-state index in [4.69, 9.17) is 0 Å². The highest BCUT2D eigenvalue weighted by Gasteiger charge is 2.33. The molecule has 0 spiro atoms. The minimum absolute atomic E-state index is 0. The number of piperidine rings is 1. The number of nitrogens with zero attached hydrogens (tertiary/aromatic N) is 1. The van der Waals surface area contributed by atoms with E-state index in [0.29, 0.717) is 30.5 Å². The van der Waals surface area contributed by atoms with Gasteiger partial charge in [0.2, 0.25) is 0 Å². The summed E-state index contributed by atoms with van der Waals surface area (Å²) in [5, 5.41) is 3.45. The number of carbonyl (C=O) groups excluding carboxylic acids is 1. The lowest BCUT2D eigenvalue weighted by Crippen LogP contribution is -2.38. The van der Waals surface area contributed by atoms with E-state index in [1.807, 2.05) is 36.2 Å². The van der Waals surface area contributed by atoms with Crippen LogP contribution in [-0.4, -0.2) is 35.4 Å². The zero-order chi connectivity index (χ0) is 20.7. The van der Waals surface area contributed by atoms with Crippen LogP contribution in [0.2, 0.25) is 0 Å². The number of amides is 1. The molecule has 4 rings (SSSR count). The second-order valence-electron chi connectivity index (χ2n) is 8.69. The van der Waals surface area contributed by atoms with Gasteiger partial charge in [-0.2, -0.15) is 0 Å². The Morgan fingerprint density at radius 1 is 1.16 bits per heavy atom. The van der Waals surface area contributed by atoms with E-state index in [2.05, 4.69) is 24.1 Å². The summed E-state index contributed by atoms with van der Waals surface area (Å²) >= 11 is 1.85. The number of aryl methyl sites for hydroxylation is 2. The maximum atomic E-state index is 13.4. The topological polar surface area (TPSA) is 65.2 Å². The van der Waals surface area contributed by atoms with Crippen molar-refractivity contribution in [2.45, 2.75) is 59.4 Å². The van der Waals surface area contributed by atoms with Crippen LogP contribution >= 0.6 is 36.2 Å². The molecule has 31 heavy (non-hydrogen) atoms. The lowest BCUT2D eigenvalue weighted by atomic mass is 9.83. The first-order valence-electron chi connectivity index (χ1n) is 10.7. The van der Waals surface area contributed by atoms with E-state index in [0.717, 1.165) is 36.3 Å². The van der Waals surface area contributed by atoms with Gasteiger partial charge in [0.15, 0.2) is 0 Å². The van der Waals surface area contributed by atoms with Crippen LogP contribution in [0.3, 0.4) is 0 Å². The van der Waals surface area contributed by atoms with Crippen molar-refractivity contribution in [3.8, 4) is 0 Å². The Morgan fingerprint density at radius 2 is 1.84 bits per heavy atom. The van der Waals surface area contributed by atoms with Gasteiger partial charge in [0.1, 0.15) is 0 Å². The third kappa shape index (κ3) is 5.03. The van der Waals surface area contributed by atoms with Crippen LogP contribution < -0.4 is 10.9 Å². The molecule has 2 aromatic rings. The summed E-state index contributed by atoms with van der Waals surface area (Å²) in [4.78, 5) is 33.1. The van der Waals surface area contributed by atoms with Crippen molar-refractivity contribution in [2.24, 2.45) is 5.92 Å².